The average Bonchev–Trinajstić information content (AvgIpc) is 2.67. The highest BCUT2D eigenvalue weighted by Gasteiger charge is 2.07. The Morgan fingerprint density at radius 1 is 1.07 bits per heavy atom. The van der Waals surface area contributed by atoms with E-state index in [1.807, 2.05) is 43.3 Å². The number of benzene rings is 2. The topological polar surface area (TPSA) is 80.2 Å². The zero-order valence-electron chi connectivity index (χ0n) is 15.6. The second kappa shape index (κ2) is 9.96. The molecule has 0 unspecified atom stereocenters. The van der Waals surface area contributed by atoms with Crippen molar-refractivity contribution in [3.8, 4) is 5.75 Å². The fraction of sp³-hybridized carbons (Fsp3) is 0.250. The molecule has 2 aromatic carbocycles. The van der Waals surface area contributed by atoms with Crippen molar-refractivity contribution < 1.29 is 19.1 Å². The number of nitrogens with one attached hydrogen (secondary N) is 1. The standard InChI is InChI=1S/C20H23N3O4/c1-4-26-20(25)16-7-11-18(12-8-16)27-14-19(24)22-21-13-15-5-9-17(10-6-15)23(2)3/h5-13H,4,14H2,1-3H3,(H,22,24)/b21-13+. The Morgan fingerprint density at radius 3 is 2.33 bits per heavy atom. The molecule has 0 saturated carbocycles. The summed E-state index contributed by atoms with van der Waals surface area (Å²) in [7, 11) is 3.93. The molecule has 0 aliphatic carbocycles. The van der Waals surface area contributed by atoms with Gasteiger partial charge in [0.1, 0.15) is 5.75 Å². The van der Waals surface area contributed by atoms with Crippen LogP contribution in [0.4, 0.5) is 5.69 Å². The van der Waals surface area contributed by atoms with Gasteiger partial charge in [0.25, 0.3) is 5.91 Å². The van der Waals surface area contributed by atoms with Gasteiger partial charge in [-0.1, -0.05) is 12.1 Å². The van der Waals surface area contributed by atoms with Gasteiger partial charge in [-0.15, -0.1) is 0 Å². The largest absolute Gasteiger partial charge is 0.484 e. The SMILES string of the molecule is CCOC(=O)c1ccc(OCC(=O)N/N=C/c2ccc(N(C)C)cc2)cc1. The van der Waals surface area contributed by atoms with Crippen molar-refractivity contribution in [2.45, 2.75) is 6.92 Å². The lowest BCUT2D eigenvalue weighted by Crippen LogP contribution is -2.24. The Labute approximate surface area is 158 Å². The molecule has 7 heteroatoms. The molecule has 0 aromatic heterocycles. The molecule has 142 valence electrons. The van der Waals surface area contributed by atoms with E-state index in [9.17, 15) is 9.59 Å². The van der Waals surface area contributed by atoms with Crippen LogP contribution in [0, 0.1) is 0 Å². The van der Waals surface area contributed by atoms with Crippen molar-refractivity contribution in [1.82, 2.24) is 5.43 Å². The first kappa shape index (κ1) is 20.0. The van der Waals surface area contributed by atoms with Gasteiger partial charge in [0, 0.05) is 19.8 Å². The van der Waals surface area contributed by atoms with E-state index in [1.165, 1.54) is 0 Å². The minimum absolute atomic E-state index is 0.185. The van der Waals surface area contributed by atoms with Crippen LogP contribution in [0.2, 0.25) is 0 Å². The lowest BCUT2D eigenvalue weighted by Gasteiger charge is -2.11. The summed E-state index contributed by atoms with van der Waals surface area (Å²) in [5.74, 6) is -0.304. The predicted molar refractivity (Wildman–Crippen MR) is 104 cm³/mol. The Morgan fingerprint density at radius 2 is 1.74 bits per heavy atom. The maximum Gasteiger partial charge on any atom is 0.338 e. The number of hydrazone groups is 1. The first-order chi connectivity index (χ1) is 13.0. The van der Waals surface area contributed by atoms with Crippen LogP contribution < -0.4 is 15.1 Å². The van der Waals surface area contributed by atoms with Crippen LogP contribution in [0.15, 0.2) is 53.6 Å². The minimum Gasteiger partial charge on any atom is -0.484 e. The maximum absolute atomic E-state index is 11.8. The molecule has 0 aliphatic heterocycles. The zero-order valence-corrected chi connectivity index (χ0v) is 15.6. The summed E-state index contributed by atoms with van der Waals surface area (Å²) in [6.07, 6.45) is 1.56. The van der Waals surface area contributed by atoms with Gasteiger partial charge in [-0.25, -0.2) is 10.2 Å². The first-order valence-corrected chi connectivity index (χ1v) is 8.49. The van der Waals surface area contributed by atoms with E-state index >= 15 is 0 Å². The van der Waals surface area contributed by atoms with E-state index in [-0.39, 0.29) is 12.5 Å². The molecular formula is C20H23N3O4. The lowest BCUT2D eigenvalue weighted by atomic mass is 10.2. The highest BCUT2D eigenvalue weighted by molar-refractivity contribution is 5.89. The van der Waals surface area contributed by atoms with Crippen molar-refractivity contribution in [2.24, 2.45) is 5.10 Å². The van der Waals surface area contributed by atoms with Crippen LogP contribution in [-0.4, -0.2) is 45.4 Å². The van der Waals surface area contributed by atoms with Crippen molar-refractivity contribution >= 4 is 23.8 Å². The van der Waals surface area contributed by atoms with Crippen LogP contribution in [0.1, 0.15) is 22.8 Å². The van der Waals surface area contributed by atoms with Crippen molar-refractivity contribution in [3.63, 3.8) is 0 Å². The van der Waals surface area contributed by atoms with Gasteiger partial charge < -0.3 is 14.4 Å². The fourth-order valence-electron chi connectivity index (χ4n) is 2.12. The Hall–Kier alpha value is -3.35. The van der Waals surface area contributed by atoms with Crippen molar-refractivity contribution in [3.05, 3.63) is 59.7 Å². The van der Waals surface area contributed by atoms with Gasteiger partial charge in [0.2, 0.25) is 0 Å². The number of amides is 1. The third kappa shape index (κ3) is 6.47. The average molecular weight is 369 g/mol. The van der Waals surface area contributed by atoms with Gasteiger partial charge in [0.15, 0.2) is 6.61 Å². The van der Waals surface area contributed by atoms with Gasteiger partial charge in [-0.3, -0.25) is 4.79 Å². The number of rotatable bonds is 8. The fourth-order valence-corrected chi connectivity index (χ4v) is 2.12. The molecule has 0 aliphatic rings. The molecule has 1 N–H and O–H groups in total. The number of nitrogens with zero attached hydrogens (tertiary/aromatic N) is 2. The molecule has 2 aromatic rings. The lowest BCUT2D eigenvalue weighted by molar-refractivity contribution is -0.123. The zero-order chi connectivity index (χ0) is 19.6. The molecule has 7 nitrogen and oxygen atoms in total. The summed E-state index contributed by atoms with van der Waals surface area (Å²) >= 11 is 0. The summed E-state index contributed by atoms with van der Waals surface area (Å²) < 4.78 is 10.3. The summed E-state index contributed by atoms with van der Waals surface area (Å²) in [5, 5.41) is 3.91. The van der Waals surface area contributed by atoms with E-state index in [1.54, 1.807) is 37.4 Å². The molecule has 0 radical (unpaired) electrons. The first-order valence-electron chi connectivity index (χ1n) is 8.49. The number of ether oxygens (including phenoxy) is 2. The number of esters is 1. The van der Waals surface area contributed by atoms with E-state index in [0.29, 0.717) is 17.9 Å². The number of hydrogen-bond acceptors (Lipinski definition) is 6. The second-order valence-corrected chi connectivity index (χ2v) is 5.81. The summed E-state index contributed by atoms with van der Waals surface area (Å²) in [6, 6.07) is 14.1. The Bertz CT molecular complexity index is 784. The van der Waals surface area contributed by atoms with E-state index < -0.39 is 5.97 Å². The predicted octanol–water partition coefficient (Wildman–Crippen LogP) is 2.46. The molecule has 0 atom stereocenters. The smallest absolute Gasteiger partial charge is 0.338 e. The molecule has 27 heavy (non-hydrogen) atoms. The molecule has 0 heterocycles. The van der Waals surface area contributed by atoms with Gasteiger partial charge in [-0.05, 0) is 48.9 Å². The molecule has 0 bridgehead atoms. The highest BCUT2D eigenvalue weighted by atomic mass is 16.5. The summed E-state index contributed by atoms with van der Waals surface area (Å²) in [6.45, 7) is 1.88. The van der Waals surface area contributed by atoms with Crippen LogP contribution in [0.5, 0.6) is 5.75 Å². The highest BCUT2D eigenvalue weighted by Crippen LogP contribution is 2.13. The quantitative estimate of drug-likeness (QED) is 0.439. The summed E-state index contributed by atoms with van der Waals surface area (Å²) in [5.41, 5.74) is 4.79. The molecule has 0 saturated heterocycles. The minimum atomic E-state index is -0.394. The molecule has 1 amide bonds. The van der Waals surface area contributed by atoms with Crippen LogP contribution >= 0.6 is 0 Å². The molecule has 2 rings (SSSR count). The number of anilines is 1. The maximum atomic E-state index is 11.8. The van der Waals surface area contributed by atoms with Gasteiger partial charge in [0.05, 0.1) is 18.4 Å². The van der Waals surface area contributed by atoms with Crippen LogP contribution in [-0.2, 0) is 9.53 Å². The van der Waals surface area contributed by atoms with E-state index in [2.05, 4.69) is 10.5 Å². The van der Waals surface area contributed by atoms with Gasteiger partial charge in [-0.2, -0.15) is 5.10 Å². The normalized spacial score (nSPS) is 10.5. The summed E-state index contributed by atoms with van der Waals surface area (Å²) in [4.78, 5) is 25.3. The Kier molecular flexibility index (Phi) is 7.37. The van der Waals surface area contributed by atoms with Crippen molar-refractivity contribution in [1.29, 1.82) is 0 Å². The number of carbonyl (C=O) groups excluding carboxylic acids is 2. The third-order valence-corrected chi connectivity index (χ3v) is 3.55. The Balaban J connectivity index is 1.78. The van der Waals surface area contributed by atoms with E-state index in [0.717, 1.165) is 11.3 Å². The second-order valence-electron chi connectivity index (χ2n) is 5.81. The van der Waals surface area contributed by atoms with E-state index in [4.69, 9.17) is 9.47 Å². The van der Waals surface area contributed by atoms with Crippen LogP contribution in [0.25, 0.3) is 0 Å². The monoisotopic (exact) mass is 369 g/mol. The number of carbonyl (C=O) groups is 2. The molecule has 0 spiro atoms. The van der Waals surface area contributed by atoms with Gasteiger partial charge >= 0.3 is 5.97 Å². The molecule has 0 fully saturated rings. The van der Waals surface area contributed by atoms with Crippen molar-refractivity contribution in [2.75, 3.05) is 32.2 Å². The molecular weight excluding hydrogens is 346 g/mol. The third-order valence-electron chi connectivity index (χ3n) is 3.55. The van der Waals surface area contributed by atoms with Crippen LogP contribution in [0.3, 0.4) is 0 Å². The number of hydrogen-bond donors (Lipinski definition) is 1.